The second-order valence-electron chi connectivity index (χ2n) is 5.99. The maximum Gasteiger partial charge on any atom is 0.235 e. The van der Waals surface area contributed by atoms with E-state index in [4.69, 9.17) is 5.10 Å². The Labute approximate surface area is 147 Å². The highest BCUT2D eigenvalue weighted by molar-refractivity contribution is 7.24. The summed E-state index contributed by atoms with van der Waals surface area (Å²) in [6.45, 7) is 8.36. The highest BCUT2D eigenvalue weighted by Crippen LogP contribution is 2.37. The highest BCUT2D eigenvalue weighted by atomic mass is 32.1. The molecule has 0 aliphatic rings. The molecule has 24 heavy (non-hydrogen) atoms. The lowest BCUT2D eigenvalue weighted by Crippen LogP contribution is -1.95. The van der Waals surface area contributed by atoms with Crippen molar-refractivity contribution in [1.82, 2.24) is 34.6 Å². The zero-order valence-electron chi connectivity index (χ0n) is 14.1. The molecule has 0 aromatic carbocycles. The second-order valence-corrected chi connectivity index (χ2v) is 8.15. The fraction of sp³-hybridized carbons (Fsp3) is 0.400. The van der Waals surface area contributed by atoms with E-state index in [1.54, 1.807) is 28.9 Å². The highest BCUT2D eigenvalue weighted by Gasteiger charge is 2.21. The van der Waals surface area contributed by atoms with E-state index in [-0.39, 0.29) is 0 Å². The minimum absolute atomic E-state index is 0.360. The largest absolute Gasteiger partial charge is 0.272 e. The van der Waals surface area contributed by atoms with E-state index >= 15 is 0 Å². The van der Waals surface area contributed by atoms with Crippen LogP contribution < -0.4 is 0 Å². The van der Waals surface area contributed by atoms with Gasteiger partial charge in [-0.2, -0.15) is 14.7 Å². The maximum absolute atomic E-state index is 4.77. The fourth-order valence-corrected chi connectivity index (χ4v) is 4.57. The molecule has 0 bridgehead atoms. The average molecular weight is 359 g/mol. The van der Waals surface area contributed by atoms with Gasteiger partial charge in [0, 0.05) is 12.7 Å². The predicted octanol–water partition coefficient (Wildman–Crippen LogP) is 3.45. The van der Waals surface area contributed by atoms with Crippen molar-refractivity contribution in [3.8, 4) is 21.3 Å². The van der Waals surface area contributed by atoms with Gasteiger partial charge in [-0.05, 0) is 19.8 Å². The van der Waals surface area contributed by atoms with Gasteiger partial charge in [-0.3, -0.25) is 4.68 Å². The number of fused-ring (bicyclic) bond motifs is 1. The maximum atomic E-state index is 4.77. The van der Waals surface area contributed by atoms with E-state index in [1.165, 1.54) is 0 Å². The summed E-state index contributed by atoms with van der Waals surface area (Å²) in [5, 5.41) is 19.6. The van der Waals surface area contributed by atoms with Gasteiger partial charge in [0.05, 0.1) is 27.3 Å². The number of hydrogen-bond donors (Lipinski definition) is 0. The molecular formula is C15H17N7S2. The quantitative estimate of drug-likeness (QED) is 0.560. The predicted molar refractivity (Wildman–Crippen MR) is 95.5 cm³/mol. The first-order valence-corrected chi connectivity index (χ1v) is 9.28. The van der Waals surface area contributed by atoms with Gasteiger partial charge in [0.25, 0.3) is 0 Å². The Kier molecular flexibility index (Phi) is 3.50. The van der Waals surface area contributed by atoms with Crippen LogP contribution in [-0.2, 0) is 7.05 Å². The molecule has 4 rings (SSSR count). The van der Waals surface area contributed by atoms with Gasteiger partial charge in [-0.15, -0.1) is 21.5 Å². The molecule has 0 radical (unpaired) electrons. The molecule has 0 unspecified atom stereocenters. The van der Waals surface area contributed by atoms with Crippen LogP contribution >= 0.6 is 22.7 Å². The van der Waals surface area contributed by atoms with Gasteiger partial charge < -0.3 is 0 Å². The number of rotatable bonds is 3. The lowest BCUT2D eigenvalue weighted by atomic mass is 10.1. The van der Waals surface area contributed by atoms with E-state index in [9.17, 15) is 0 Å². The monoisotopic (exact) mass is 359 g/mol. The second kappa shape index (κ2) is 5.45. The Bertz CT molecular complexity index is 1030. The van der Waals surface area contributed by atoms with Crippen molar-refractivity contribution >= 4 is 27.6 Å². The van der Waals surface area contributed by atoms with Crippen molar-refractivity contribution in [3.63, 3.8) is 0 Å². The van der Waals surface area contributed by atoms with Crippen LogP contribution in [0.5, 0.6) is 0 Å². The zero-order valence-corrected chi connectivity index (χ0v) is 15.7. The molecule has 0 saturated carbocycles. The molecule has 124 valence electrons. The summed E-state index contributed by atoms with van der Waals surface area (Å²) >= 11 is 3.23. The van der Waals surface area contributed by atoms with Crippen molar-refractivity contribution in [2.75, 3.05) is 0 Å². The number of thiazole rings is 1. The lowest BCUT2D eigenvalue weighted by molar-refractivity contribution is 0.740. The SMILES string of the molecule is Cc1nc(C(C)C)c(-c2nn3c(-c4cnn(C)c4C)nnc3s2)s1. The Morgan fingerprint density at radius 2 is 1.92 bits per heavy atom. The third-order valence-corrected chi connectivity index (χ3v) is 6.01. The van der Waals surface area contributed by atoms with E-state index in [2.05, 4.69) is 34.1 Å². The Hall–Kier alpha value is -2.13. The number of nitrogens with zero attached hydrogens (tertiary/aromatic N) is 7. The average Bonchev–Trinajstić information content (AvgIpc) is 3.25. The van der Waals surface area contributed by atoms with E-state index < -0.39 is 0 Å². The van der Waals surface area contributed by atoms with Crippen LogP contribution in [0.15, 0.2) is 6.20 Å². The third-order valence-electron chi connectivity index (χ3n) is 3.97. The van der Waals surface area contributed by atoms with Crippen LogP contribution in [0, 0.1) is 13.8 Å². The summed E-state index contributed by atoms with van der Waals surface area (Å²) in [6, 6.07) is 0. The standard InChI is InChI=1S/C15H17N7S2/c1-7(2)11-12(23-9(4)17-11)14-20-22-13(18-19-15(22)24-14)10-6-16-21(5)8(10)3/h6-7H,1-5H3. The molecule has 4 aromatic heterocycles. The van der Waals surface area contributed by atoms with Crippen LogP contribution in [0.25, 0.3) is 26.2 Å². The van der Waals surface area contributed by atoms with Crippen LogP contribution in [0.3, 0.4) is 0 Å². The first kappa shape index (κ1) is 15.4. The lowest BCUT2D eigenvalue weighted by Gasteiger charge is -2.01. The molecule has 0 amide bonds. The molecule has 0 N–H and O–H groups in total. The Morgan fingerprint density at radius 3 is 2.58 bits per heavy atom. The first-order chi connectivity index (χ1) is 11.5. The molecule has 0 aliphatic carbocycles. The van der Waals surface area contributed by atoms with Crippen LogP contribution in [0.2, 0.25) is 0 Å². The summed E-state index contributed by atoms with van der Waals surface area (Å²) in [4.78, 5) is 6.58. The third kappa shape index (κ3) is 2.27. The van der Waals surface area contributed by atoms with Crippen molar-refractivity contribution in [3.05, 3.63) is 22.6 Å². The summed E-state index contributed by atoms with van der Waals surface area (Å²) in [7, 11) is 1.92. The van der Waals surface area contributed by atoms with Gasteiger partial charge in [-0.25, -0.2) is 4.98 Å². The van der Waals surface area contributed by atoms with Crippen molar-refractivity contribution < 1.29 is 0 Å². The van der Waals surface area contributed by atoms with Crippen molar-refractivity contribution in [2.45, 2.75) is 33.6 Å². The molecular weight excluding hydrogens is 342 g/mol. The minimum Gasteiger partial charge on any atom is -0.272 e. The normalized spacial score (nSPS) is 11.9. The molecule has 4 heterocycles. The van der Waals surface area contributed by atoms with E-state index in [0.29, 0.717) is 5.92 Å². The zero-order chi connectivity index (χ0) is 17.0. The first-order valence-electron chi connectivity index (χ1n) is 7.64. The number of aromatic nitrogens is 7. The van der Waals surface area contributed by atoms with Crippen LogP contribution in [0.4, 0.5) is 0 Å². The summed E-state index contributed by atoms with van der Waals surface area (Å²) in [5.74, 6) is 1.09. The summed E-state index contributed by atoms with van der Waals surface area (Å²) < 4.78 is 3.64. The molecule has 0 fully saturated rings. The topological polar surface area (TPSA) is 73.8 Å². The van der Waals surface area contributed by atoms with Crippen molar-refractivity contribution in [1.29, 1.82) is 0 Å². The molecule has 4 aromatic rings. The Balaban J connectivity index is 1.88. The summed E-state index contributed by atoms with van der Waals surface area (Å²) in [5.41, 5.74) is 3.09. The fourth-order valence-electron chi connectivity index (χ4n) is 2.58. The molecule has 0 saturated heterocycles. The Morgan fingerprint density at radius 1 is 1.12 bits per heavy atom. The van der Waals surface area contributed by atoms with Crippen LogP contribution in [0.1, 0.15) is 36.2 Å². The van der Waals surface area contributed by atoms with Gasteiger partial charge in [-0.1, -0.05) is 25.2 Å². The van der Waals surface area contributed by atoms with Gasteiger partial charge >= 0.3 is 0 Å². The smallest absolute Gasteiger partial charge is 0.235 e. The molecule has 0 atom stereocenters. The molecule has 7 nitrogen and oxygen atoms in total. The molecule has 9 heteroatoms. The minimum atomic E-state index is 0.360. The number of hydrogen-bond acceptors (Lipinski definition) is 7. The number of aryl methyl sites for hydroxylation is 2. The van der Waals surface area contributed by atoms with E-state index in [0.717, 1.165) is 42.6 Å². The van der Waals surface area contributed by atoms with Gasteiger partial charge in [0.2, 0.25) is 4.96 Å². The van der Waals surface area contributed by atoms with E-state index in [1.807, 2.05) is 30.1 Å². The summed E-state index contributed by atoms with van der Waals surface area (Å²) in [6.07, 6.45) is 1.81. The van der Waals surface area contributed by atoms with Crippen LogP contribution in [-0.4, -0.2) is 34.6 Å². The van der Waals surface area contributed by atoms with Crippen molar-refractivity contribution in [2.24, 2.45) is 7.05 Å². The molecule has 0 spiro atoms. The van der Waals surface area contributed by atoms with Gasteiger partial charge in [0.1, 0.15) is 0 Å². The van der Waals surface area contributed by atoms with Gasteiger partial charge in [0.15, 0.2) is 10.8 Å². The molecule has 0 aliphatic heterocycles.